The van der Waals surface area contributed by atoms with Crippen molar-refractivity contribution in [1.82, 2.24) is 0 Å². The summed E-state index contributed by atoms with van der Waals surface area (Å²) in [7, 11) is -1.26. The summed E-state index contributed by atoms with van der Waals surface area (Å²) in [5.41, 5.74) is 5.39. The van der Waals surface area contributed by atoms with Gasteiger partial charge in [0.05, 0.1) is 8.07 Å². The van der Waals surface area contributed by atoms with E-state index in [9.17, 15) is 5.11 Å². The second-order valence-corrected chi connectivity index (χ2v) is 12.2. The average molecular weight is 422 g/mol. The molecule has 1 aliphatic carbocycles. The SMILES string of the molecule is CC1=[C-]C(C)C(C)=C1C.Cc1cc(O)cc([Si](C)(C)C)c1.Cl.Cl.[Ti]. The van der Waals surface area contributed by atoms with E-state index in [0.29, 0.717) is 11.7 Å². The fourth-order valence-electron chi connectivity index (χ4n) is 2.36. The van der Waals surface area contributed by atoms with Crippen LogP contribution in [0.2, 0.25) is 19.6 Å². The molecule has 0 aromatic heterocycles. The van der Waals surface area contributed by atoms with E-state index in [2.05, 4.69) is 59.5 Å². The van der Waals surface area contributed by atoms with Crippen molar-refractivity contribution in [3.05, 3.63) is 46.6 Å². The Morgan fingerprint density at radius 3 is 1.71 bits per heavy atom. The van der Waals surface area contributed by atoms with Crippen LogP contribution in [0.3, 0.4) is 0 Å². The molecule has 1 aromatic rings. The molecule has 0 amide bonds. The van der Waals surface area contributed by atoms with E-state index in [4.69, 9.17) is 0 Å². The van der Waals surface area contributed by atoms with E-state index in [-0.39, 0.29) is 46.5 Å². The number of benzene rings is 1. The minimum absolute atomic E-state index is 0. The maximum atomic E-state index is 9.38. The normalized spacial score (nSPS) is 16.0. The third kappa shape index (κ3) is 8.40. The summed E-state index contributed by atoms with van der Waals surface area (Å²) >= 11 is 0. The van der Waals surface area contributed by atoms with E-state index >= 15 is 0 Å². The zero-order valence-corrected chi connectivity index (χ0v) is 20.3. The molecule has 0 saturated carbocycles. The summed E-state index contributed by atoms with van der Waals surface area (Å²) in [6.45, 7) is 17.5. The Bertz CT molecular complexity index is 569. The van der Waals surface area contributed by atoms with Crippen molar-refractivity contribution in [3.8, 4) is 5.75 Å². The first-order valence-corrected chi connectivity index (χ1v) is 11.1. The summed E-state index contributed by atoms with van der Waals surface area (Å²) in [5.74, 6) is 0.956. The monoisotopic (exact) mass is 421 g/mol. The van der Waals surface area contributed by atoms with Gasteiger partial charge in [0.15, 0.2) is 0 Å². The minimum atomic E-state index is -1.26. The van der Waals surface area contributed by atoms with Crippen molar-refractivity contribution in [3.63, 3.8) is 0 Å². The third-order valence-corrected chi connectivity index (χ3v) is 6.19. The molecule has 1 nitrogen and oxygen atoms in total. The molecule has 5 heteroatoms. The quantitative estimate of drug-likeness (QED) is 0.448. The number of rotatable bonds is 1. The molecule has 0 saturated heterocycles. The van der Waals surface area contributed by atoms with Gasteiger partial charge in [0, 0.05) is 21.7 Å². The van der Waals surface area contributed by atoms with Gasteiger partial charge in [0.2, 0.25) is 0 Å². The Morgan fingerprint density at radius 1 is 0.958 bits per heavy atom. The van der Waals surface area contributed by atoms with Crippen LogP contribution in [0, 0.1) is 18.9 Å². The second kappa shape index (κ2) is 11.6. The summed E-state index contributed by atoms with van der Waals surface area (Å²) in [6, 6.07) is 5.86. The van der Waals surface area contributed by atoms with Crippen molar-refractivity contribution in [2.75, 3.05) is 0 Å². The van der Waals surface area contributed by atoms with E-state index < -0.39 is 8.07 Å². The van der Waals surface area contributed by atoms with E-state index in [1.807, 2.05) is 13.0 Å². The van der Waals surface area contributed by atoms with E-state index in [1.165, 1.54) is 21.9 Å². The number of aryl methyl sites for hydroxylation is 1. The Labute approximate surface area is 176 Å². The summed E-state index contributed by atoms with van der Waals surface area (Å²) in [4.78, 5) is 0. The van der Waals surface area contributed by atoms with Gasteiger partial charge in [0.25, 0.3) is 0 Å². The van der Waals surface area contributed by atoms with Crippen LogP contribution in [0.5, 0.6) is 5.75 Å². The molecule has 1 N–H and O–H groups in total. The molecule has 0 bridgehead atoms. The van der Waals surface area contributed by atoms with Gasteiger partial charge in [-0.25, -0.2) is 5.57 Å². The fourth-order valence-corrected chi connectivity index (χ4v) is 3.60. The third-order valence-electron chi connectivity index (χ3n) is 4.16. The first-order valence-electron chi connectivity index (χ1n) is 7.61. The van der Waals surface area contributed by atoms with E-state index in [0.717, 1.165) is 5.56 Å². The van der Waals surface area contributed by atoms with Gasteiger partial charge >= 0.3 is 0 Å². The predicted octanol–water partition coefficient (Wildman–Crippen LogP) is 5.81. The van der Waals surface area contributed by atoms with Gasteiger partial charge in [-0.1, -0.05) is 57.6 Å². The number of hydrogen-bond donors (Lipinski definition) is 1. The number of halogens is 2. The van der Waals surface area contributed by atoms with Crippen LogP contribution in [0.1, 0.15) is 33.3 Å². The van der Waals surface area contributed by atoms with Gasteiger partial charge in [-0.15, -0.1) is 31.7 Å². The molecule has 1 aliphatic rings. The zero-order valence-electron chi connectivity index (χ0n) is 16.1. The number of phenols is 1. The van der Waals surface area contributed by atoms with Crippen LogP contribution in [0.15, 0.2) is 34.9 Å². The smallest absolute Gasteiger partial charge is 0.115 e. The second-order valence-electron chi connectivity index (χ2n) is 7.11. The van der Waals surface area contributed by atoms with Crippen LogP contribution < -0.4 is 5.19 Å². The molecule has 0 radical (unpaired) electrons. The van der Waals surface area contributed by atoms with Gasteiger partial charge in [-0.05, 0) is 24.6 Å². The molecule has 1 atom stereocenters. The molecule has 2 rings (SSSR count). The molecule has 0 aliphatic heterocycles. The standard InChI is InChI=1S/C10H16OSi.C9H13.2ClH.Ti/c1-8-5-9(11)7-10(6-8)12(2,3)4;1-6-5-7(2)9(4)8(6)3;;;/h5-7,11H,1-4H3;6H,1-4H3;2*1H;/q;-1;;;. The first kappa shape index (κ1) is 28.8. The van der Waals surface area contributed by atoms with Crippen molar-refractivity contribution < 1.29 is 26.8 Å². The van der Waals surface area contributed by atoms with Crippen molar-refractivity contribution >= 4 is 38.1 Å². The summed E-state index contributed by atoms with van der Waals surface area (Å²) < 4.78 is 0. The Kier molecular flexibility index (Phi) is 13.9. The molecule has 0 spiro atoms. The molecule has 136 valence electrons. The number of aromatic hydroxyl groups is 1. The van der Waals surface area contributed by atoms with Crippen molar-refractivity contribution in [1.29, 1.82) is 0 Å². The first-order chi connectivity index (χ1) is 9.52. The maximum Gasteiger partial charge on any atom is 0.115 e. The topological polar surface area (TPSA) is 20.2 Å². The van der Waals surface area contributed by atoms with Gasteiger partial charge in [-0.3, -0.25) is 6.08 Å². The molecular formula is C19H31Cl2OSiTi-. The molecule has 0 heterocycles. The van der Waals surface area contributed by atoms with Crippen molar-refractivity contribution in [2.24, 2.45) is 5.92 Å². The molecule has 24 heavy (non-hydrogen) atoms. The largest absolute Gasteiger partial charge is 0.508 e. The fraction of sp³-hybridized carbons (Fsp3) is 0.474. The number of phenolic OH excluding ortho intramolecular Hbond substituents is 1. The average Bonchev–Trinajstić information content (AvgIpc) is 2.55. The Morgan fingerprint density at radius 2 is 1.46 bits per heavy atom. The zero-order chi connectivity index (χ0) is 16.4. The van der Waals surface area contributed by atoms with Crippen LogP contribution in [-0.4, -0.2) is 13.2 Å². The van der Waals surface area contributed by atoms with Gasteiger partial charge in [-0.2, -0.15) is 11.1 Å². The van der Waals surface area contributed by atoms with Crippen LogP contribution >= 0.6 is 24.8 Å². The van der Waals surface area contributed by atoms with Crippen molar-refractivity contribution in [2.45, 2.75) is 54.3 Å². The predicted molar refractivity (Wildman–Crippen MR) is 110 cm³/mol. The maximum absolute atomic E-state index is 9.38. The summed E-state index contributed by atoms with van der Waals surface area (Å²) in [5, 5.41) is 10.7. The van der Waals surface area contributed by atoms with Crippen LogP contribution in [-0.2, 0) is 21.7 Å². The Hall–Kier alpha value is 0.0112. The van der Waals surface area contributed by atoms with Gasteiger partial charge in [0.1, 0.15) is 5.75 Å². The molecule has 1 unspecified atom stereocenters. The van der Waals surface area contributed by atoms with E-state index in [1.54, 1.807) is 6.07 Å². The molecule has 1 aromatic carbocycles. The Balaban J connectivity index is -0.000000336. The van der Waals surface area contributed by atoms with Crippen LogP contribution in [0.25, 0.3) is 0 Å². The number of allylic oxidation sites excluding steroid dienone is 4. The van der Waals surface area contributed by atoms with Crippen LogP contribution in [0.4, 0.5) is 0 Å². The molecule has 0 fully saturated rings. The minimum Gasteiger partial charge on any atom is -0.508 e. The van der Waals surface area contributed by atoms with Gasteiger partial charge < -0.3 is 5.11 Å². The molecular weight excluding hydrogens is 391 g/mol. The number of hydrogen-bond acceptors (Lipinski definition) is 1. The summed E-state index contributed by atoms with van der Waals surface area (Å²) in [6.07, 6.45) is 3.36.